The molecule has 0 aromatic heterocycles. The van der Waals surface area contributed by atoms with E-state index >= 15 is 0 Å². The van der Waals surface area contributed by atoms with Crippen LogP contribution in [0.15, 0.2) is 24.3 Å². The Morgan fingerprint density at radius 3 is 2.29 bits per heavy atom. The molecule has 0 atom stereocenters. The van der Waals surface area contributed by atoms with Gasteiger partial charge in [0.15, 0.2) is 0 Å². The van der Waals surface area contributed by atoms with Gasteiger partial charge in [0.2, 0.25) is 0 Å². The van der Waals surface area contributed by atoms with Gasteiger partial charge in [-0.1, -0.05) is 51.0 Å². The monoisotopic (exact) mass is 233 g/mol. The third kappa shape index (κ3) is 4.31. The first-order valence-corrected chi connectivity index (χ1v) is 6.49. The molecule has 2 heteroatoms. The van der Waals surface area contributed by atoms with Crippen LogP contribution in [0.2, 0.25) is 0 Å². The van der Waals surface area contributed by atoms with Crippen LogP contribution in [0.1, 0.15) is 44.2 Å². The van der Waals surface area contributed by atoms with Crippen LogP contribution in [0.4, 0.5) is 0 Å². The van der Waals surface area contributed by atoms with Gasteiger partial charge in [0.05, 0.1) is 0 Å². The summed E-state index contributed by atoms with van der Waals surface area (Å²) in [6, 6.07) is 7.95. The minimum Gasteiger partial charge on any atom is -0.326 e. The largest absolute Gasteiger partial charge is 0.326 e. The predicted molar refractivity (Wildman–Crippen MR) is 71.7 cm³/mol. The number of Topliss-reactive ketones (excluding diaryl/α,β-unsaturated/α-hetero) is 1. The molecule has 1 aromatic rings. The van der Waals surface area contributed by atoms with Gasteiger partial charge < -0.3 is 5.73 Å². The van der Waals surface area contributed by atoms with Crippen molar-refractivity contribution in [1.82, 2.24) is 0 Å². The van der Waals surface area contributed by atoms with E-state index in [1.807, 2.05) is 24.3 Å². The van der Waals surface area contributed by atoms with Crippen LogP contribution in [-0.4, -0.2) is 5.78 Å². The molecule has 94 valence electrons. The second kappa shape index (κ2) is 7.23. The molecule has 0 aliphatic carbocycles. The van der Waals surface area contributed by atoms with Gasteiger partial charge in [-0.25, -0.2) is 0 Å². The summed E-state index contributed by atoms with van der Waals surface area (Å²) >= 11 is 0. The summed E-state index contributed by atoms with van der Waals surface area (Å²) in [6.07, 6.45) is 3.40. The lowest BCUT2D eigenvalue weighted by atomic mass is 9.93. The van der Waals surface area contributed by atoms with Crippen LogP contribution in [-0.2, 0) is 17.8 Å². The van der Waals surface area contributed by atoms with E-state index in [4.69, 9.17) is 5.73 Å². The Kier molecular flexibility index (Phi) is 5.92. The van der Waals surface area contributed by atoms with Crippen LogP contribution < -0.4 is 5.73 Å². The molecule has 0 saturated heterocycles. The third-order valence-corrected chi connectivity index (χ3v) is 3.40. The first kappa shape index (κ1) is 13.9. The van der Waals surface area contributed by atoms with E-state index in [0.29, 0.717) is 31.1 Å². The number of nitrogens with two attached hydrogens (primary N) is 1. The molecule has 0 amide bonds. The van der Waals surface area contributed by atoms with Crippen LogP contribution >= 0.6 is 0 Å². The van der Waals surface area contributed by atoms with Crippen molar-refractivity contribution in [1.29, 1.82) is 0 Å². The summed E-state index contributed by atoms with van der Waals surface area (Å²) in [4.78, 5) is 12.0. The van der Waals surface area contributed by atoms with E-state index in [1.165, 1.54) is 0 Å². The van der Waals surface area contributed by atoms with E-state index in [9.17, 15) is 4.79 Å². The highest BCUT2D eigenvalue weighted by Gasteiger charge is 2.12. The number of carbonyl (C=O) groups is 1. The van der Waals surface area contributed by atoms with Gasteiger partial charge in [0.25, 0.3) is 0 Å². The van der Waals surface area contributed by atoms with Crippen molar-refractivity contribution in [2.45, 2.75) is 46.1 Å². The van der Waals surface area contributed by atoms with Crippen molar-refractivity contribution in [3.8, 4) is 0 Å². The Morgan fingerprint density at radius 2 is 1.76 bits per heavy atom. The SMILES string of the molecule is CCC(CC)CC(=O)Cc1ccccc1CN. The molecule has 0 spiro atoms. The van der Waals surface area contributed by atoms with Gasteiger partial charge >= 0.3 is 0 Å². The standard InChI is InChI=1S/C15H23NO/c1-3-12(4-2)9-15(17)10-13-7-5-6-8-14(13)11-16/h5-8,12H,3-4,9-11,16H2,1-2H3. The van der Waals surface area contributed by atoms with Crippen molar-refractivity contribution in [3.05, 3.63) is 35.4 Å². The topological polar surface area (TPSA) is 43.1 Å². The highest BCUT2D eigenvalue weighted by molar-refractivity contribution is 5.81. The normalized spacial score (nSPS) is 10.8. The van der Waals surface area contributed by atoms with E-state index in [-0.39, 0.29) is 0 Å². The second-order valence-corrected chi connectivity index (χ2v) is 4.57. The molecule has 1 rings (SSSR count). The predicted octanol–water partition coefficient (Wildman–Crippen LogP) is 3.08. The van der Waals surface area contributed by atoms with Crippen molar-refractivity contribution in [3.63, 3.8) is 0 Å². The number of hydrogen-bond acceptors (Lipinski definition) is 2. The zero-order chi connectivity index (χ0) is 12.7. The maximum atomic E-state index is 12.0. The zero-order valence-electron chi connectivity index (χ0n) is 10.9. The van der Waals surface area contributed by atoms with Gasteiger partial charge in [-0.3, -0.25) is 4.79 Å². The van der Waals surface area contributed by atoms with Crippen molar-refractivity contribution in [2.75, 3.05) is 0 Å². The Bertz CT molecular complexity index is 356. The molecule has 0 unspecified atom stereocenters. The molecular weight excluding hydrogens is 210 g/mol. The minimum absolute atomic E-state index is 0.333. The molecule has 2 N–H and O–H groups in total. The van der Waals surface area contributed by atoms with E-state index in [1.54, 1.807) is 0 Å². The average molecular weight is 233 g/mol. The van der Waals surface area contributed by atoms with Gasteiger partial charge in [-0.15, -0.1) is 0 Å². The number of hydrogen-bond donors (Lipinski definition) is 1. The summed E-state index contributed by atoms with van der Waals surface area (Å²) in [5.41, 5.74) is 7.85. The fraction of sp³-hybridized carbons (Fsp3) is 0.533. The summed E-state index contributed by atoms with van der Waals surface area (Å²) in [6.45, 7) is 4.80. The summed E-state index contributed by atoms with van der Waals surface area (Å²) in [5, 5.41) is 0. The first-order valence-electron chi connectivity index (χ1n) is 6.49. The molecule has 1 aromatic carbocycles. The third-order valence-electron chi connectivity index (χ3n) is 3.40. The average Bonchev–Trinajstić information content (AvgIpc) is 2.36. The highest BCUT2D eigenvalue weighted by atomic mass is 16.1. The van der Waals surface area contributed by atoms with Crippen molar-refractivity contribution < 1.29 is 4.79 Å². The molecule has 0 aliphatic heterocycles. The van der Waals surface area contributed by atoms with Gasteiger partial charge in [-0.05, 0) is 17.0 Å². The molecule has 2 nitrogen and oxygen atoms in total. The molecule has 0 saturated carbocycles. The lowest BCUT2D eigenvalue weighted by Crippen LogP contribution is -2.11. The van der Waals surface area contributed by atoms with Crippen molar-refractivity contribution in [2.24, 2.45) is 11.7 Å². The fourth-order valence-corrected chi connectivity index (χ4v) is 2.11. The molecular formula is C15H23NO. The fourth-order valence-electron chi connectivity index (χ4n) is 2.11. The highest BCUT2D eigenvalue weighted by Crippen LogP contribution is 2.16. The molecule has 0 bridgehead atoms. The van der Waals surface area contributed by atoms with Gasteiger partial charge in [0, 0.05) is 19.4 Å². The van der Waals surface area contributed by atoms with Crippen LogP contribution in [0.25, 0.3) is 0 Å². The van der Waals surface area contributed by atoms with Gasteiger partial charge in [-0.2, -0.15) is 0 Å². The number of benzene rings is 1. The Labute approximate surface area is 104 Å². The molecule has 17 heavy (non-hydrogen) atoms. The summed E-state index contributed by atoms with van der Waals surface area (Å²) in [5.74, 6) is 0.868. The Balaban J connectivity index is 2.61. The molecule has 0 radical (unpaired) electrons. The lowest BCUT2D eigenvalue weighted by Gasteiger charge is -2.12. The Hall–Kier alpha value is -1.15. The molecule has 0 heterocycles. The van der Waals surface area contributed by atoms with Gasteiger partial charge in [0.1, 0.15) is 5.78 Å². The minimum atomic E-state index is 0.333. The van der Waals surface area contributed by atoms with Crippen LogP contribution in [0.5, 0.6) is 0 Å². The Morgan fingerprint density at radius 1 is 1.18 bits per heavy atom. The summed E-state index contributed by atoms with van der Waals surface area (Å²) in [7, 11) is 0. The molecule has 0 fully saturated rings. The van der Waals surface area contributed by atoms with Crippen LogP contribution in [0, 0.1) is 5.92 Å². The van der Waals surface area contributed by atoms with E-state index in [0.717, 1.165) is 24.0 Å². The lowest BCUT2D eigenvalue weighted by molar-refractivity contribution is -0.119. The molecule has 0 aliphatic rings. The number of ketones is 1. The second-order valence-electron chi connectivity index (χ2n) is 4.57. The van der Waals surface area contributed by atoms with Crippen LogP contribution in [0.3, 0.4) is 0 Å². The maximum absolute atomic E-state index is 12.0. The van der Waals surface area contributed by atoms with E-state index in [2.05, 4.69) is 13.8 Å². The van der Waals surface area contributed by atoms with E-state index < -0.39 is 0 Å². The smallest absolute Gasteiger partial charge is 0.137 e. The maximum Gasteiger partial charge on any atom is 0.137 e. The van der Waals surface area contributed by atoms with Crippen molar-refractivity contribution >= 4 is 5.78 Å². The number of rotatable bonds is 7. The first-order chi connectivity index (χ1) is 8.21. The quantitative estimate of drug-likeness (QED) is 0.786. The number of carbonyl (C=O) groups excluding carboxylic acids is 1. The summed E-state index contributed by atoms with van der Waals surface area (Å²) < 4.78 is 0. The zero-order valence-corrected chi connectivity index (χ0v) is 10.9.